The van der Waals surface area contributed by atoms with E-state index in [4.69, 9.17) is 16.3 Å². The molecule has 0 aliphatic rings. The minimum Gasteiger partial charge on any atom is -0.497 e. The summed E-state index contributed by atoms with van der Waals surface area (Å²) in [5.74, 6) is 0.932. The third kappa shape index (κ3) is 3.72. The fraction of sp³-hybridized carbons (Fsp3) is 0.250. The van der Waals surface area contributed by atoms with Crippen LogP contribution in [0.25, 0.3) is 0 Å². The maximum absolute atomic E-state index is 9.55. The zero-order chi connectivity index (χ0) is 13.7. The first-order valence-corrected chi connectivity index (χ1v) is 6.60. The zero-order valence-corrected chi connectivity index (χ0v) is 11.6. The Balaban J connectivity index is 2.11. The van der Waals surface area contributed by atoms with Crippen molar-refractivity contribution in [3.8, 4) is 5.75 Å². The van der Waals surface area contributed by atoms with Gasteiger partial charge in [0, 0.05) is 10.9 Å². The molecule has 1 unspecified atom stereocenters. The quantitative estimate of drug-likeness (QED) is 0.903. The topological polar surface area (TPSA) is 29.5 Å². The molecule has 0 heterocycles. The largest absolute Gasteiger partial charge is 0.497 e. The Morgan fingerprint density at radius 1 is 1.05 bits per heavy atom. The van der Waals surface area contributed by atoms with Crippen LogP contribution in [0.3, 0.4) is 0 Å². The number of hydrogen-bond acceptors (Lipinski definition) is 2. The van der Waals surface area contributed by atoms with Gasteiger partial charge in [0.25, 0.3) is 0 Å². The van der Waals surface area contributed by atoms with E-state index in [0.717, 1.165) is 17.7 Å². The number of ether oxygens (including phenoxy) is 1. The van der Waals surface area contributed by atoms with E-state index in [2.05, 4.69) is 0 Å². The molecule has 2 aromatic carbocycles. The maximum atomic E-state index is 9.55. The summed E-state index contributed by atoms with van der Waals surface area (Å²) in [5.41, 5.74) is 2.28. The summed E-state index contributed by atoms with van der Waals surface area (Å²) in [6.07, 6.45) is 0.794. The van der Waals surface area contributed by atoms with Crippen LogP contribution in [-0.2, 0) is 6.42 Å². The highest BCUT2D eigenvalue weighted by Crippen LogP contribution is 2.23. The lowest BCUT2D eigenvalue weighted by Gasteiger charge is -2.15. The Bertz CT molecular complexity index is 505. The summed E-state index contributed by atoms with van der Waals surface area (Å²) in [5, 5.41) is 10.3. The highest BCUT2D eigenvalue weighted by atomic mass is 35.5. The molecule has 19 heavy (non-hydrogen) atoms. The van der Waals surface area contributed by atoms with Crippen LogP contribution in [0.2, 0.25) is 5.02 Å². The van der Waals surface area contributed by atoms with Gasteiger partial charge < -0.3 is 9.84 Å². The number of benzene rings is 2. The fourth-order valence-corrected chi connectivity index (χ4v) is 2.19. The van der Waals surface area contributed by atoms with Crippen LogP contribution in [0.5, 0.6) is 5.75 Å². The molecule has 0 saturated carbocycles. The molecule has 0 amide bonds. The molecular weight excluding hydrogens is 260 g/mol. The van der Waals surface area contributed by atoms with Gasteiger partial charge in [0.15, 0.2) is 0 Å². The first-order valence-electron chi connectivity index (χ1n) is 6.22. The predicted molar refractivity (Wildman–Crippen MR) is 78.0 cm³/mol. The van der Waals surface area contributed by atoms with Crippen molar-refractivity contribution in [3.63, 3.8) is 0 Å². The summed E-state index contributed by atoms with van der Waals surface area (Å²) < 4.78 is 5.13. The summed E-state index contributed by atoms with van der Waals surface area (Å²) >= 11 is 5.88. The second-order valence-electron chi connectivity index (χ2n) is 4.48. The second kappa shape index (κ2) is 6.60. The first kappa shape index (κ1) is 13.9. The van der Waals surface area contributed by atoms with Crippen molar-refractivity contribution in [3.05, 3.63) is 64.7 Å². The van der Waals surface area contributed by atoms with Gasteiger partial charge in [-0.1, -0.05) is 35.9 Å². The molecule has 0 saturated heterocycles. The lowest BCUT2D eigenvalue weighted by molar-refractivity contribution is 0.264. The Morgan fingerprint density at radius 3 is 2.21 bits per heavy atom. The van der Waals surface area contributed by atoms with Crippen molar-refractivity contribution in [1.29, 1.82) is 0 Å². The van der Waals surface area contributed by atoms with Gasteiger partial charge in [0.2, 0.25) is 0 Å². The van der Waals surface area contributed by atoms with Crippen molar-refractivity contribution in [2.45, 2.75) is 12.3 Å². The van der Waals surface area contributed by atoms with Crippen LogP contribution in [-0.4, -0.2) is 18.8 Å². The molecule has 100 valence electrons. The van der Waals surface area contributed by atoms with Gasteiger partial charge >= 0.3 is 0 Å². The van der Waals surface area contributed by atoms with Crippen LogP contribution < -0.4 is 4.74 Å². The van der Waals surface area contributed by atoms with Gasteiger partial charge in [0.1, 0.15) is 5.75 Å². The third-order valence-electron chi connectivity index (χ3n) is 3.20. The molecule has 0 aromatic heterocycles. The Labute approximate surface area is 118 Å². The molecule has 0 radical (unpaired) electrons. The van der Waals surface area contributed by atoms with E-state index in [0.29, 0.717) is 5.02 Å². The van der Waals surface area contributed by atoms with Crippen LogP contribution in [0.15, 0.2) is 48.5 Å². The highest BCUT2D eigenvalue weighted by molar-refractivity contribution is 6.30. The fourth-order valence-electron chi connectivity index (χ4n) is 2.07. The van der Waals surface area contributed by atoms with Crippen LogP contribution in [0, 0.1) is 0 Å². The molecule has 0 bridgehead atoms. The van der Waals surface area contributed by atoms with Crippen molar-refractivity contribution in [2.24, 2.45) is 0 Å². The standard InChI is InChI=1S/C16H17ClO2/c1-19-16-8-2-12(3-9-16)10-14(11-18)13-4-6-15(17)7-5-13/h2-9,14,18H,10-11H2,1H3. The van der Waals surface area contributed by atoms with E-state index in [1.54, 1.807) is 7.11 Å². The van der Waals surface area contributed by atoms with E-state index in [1.165, 1.54) is 5.56 Å². The molecule has 2 nitrogen and oxygen atoms in total. The third-order valence-corrected chi connectivity index (χ3v) is 3.45. The lowest BCUT2D eigenvalue weighted by Crippen LogP contribution is -2.07. The van der Waals surface area contributed by atoms with Crippen molar-refractivity contribution >= 4 is 11.6 Å². The molecule has 1 atom stereocenters. The van der Waals surface area contributed by atoms with Crippen molar-refractivity contribution in [2.75, 3.05) is 13.7 Å². The van der Waals surface area contributed by atoms with Gasteiger partial charge in [-0.15, -0.1) is 0 Å². The van der Waals surface area contributed by atoms with Crippen LogP contribution in [0.4, 0.5) is 0 Å². The summed E-state index contributed by atoms with van der Waals surface area (Å²) in [4.78, 5) is 0. The zero-order valence-electron chi connectivity index (χ0n) is 10.8. The summed E-state index contributed by atoms with van der Waals surface area (Å²) in [7, 11) is 1.65. The van der Waals surface area contributed by atoms with Gasteiger partial charge in [-0.2, -0.15) is 0 Å². The monoisotopic (exact) mass is 276 g/mol. The van der Waals surface area contributed by atoms with Gasteiger partial charge in [0.05, 0.1) is 13.7 Å². The Kier molecular flexibility index (Phi) is 4.83. The van der Waals surface area contributed by atoms with E-state index < -0.39 is 0 Å². The molecule has 1 N–H and O–H groups in total. The van der Waals surface area contributed by atoms with Crippen molar-refractivity contribution < 1.29 is 9.84 Å². The van der Waals surface area contributed by atoms with E-state index in [-0.39, 0.29) is 12.5 Å². The van der Waals surface area contributed by atoms with Gasteiger partial charge in [-0.25, -0.2) is 0 Å². The number of hydrogen-bond donors (Lipinski definition) is 1. The van der Waals surface area contributed by atoms with Crippen molar-refractivity contribution in [1.82, 2.24) is 0 Å². The summed E-state index contributed by atoms with van der Waals surface area (Å²) in [6.45, 7) is 0.119. The SMILES string of the molecule is COc1ccc(CC(CO)c2ccc(Cl)cc2)cc1. The average Bonchev–Trinajstić information content (AvgIpc) is 2.46. The summed E-state index contributed by atoms with van der Waals surface area (Å²) in [6, 6.07) is 15.6. The number of halogens is 1. The average molecular weight is 277 g/mol. The normalized spacial score (nSPS) is 12.2. The molecule has 0 spiro atoms. The smallest absolute Gasteiger partial charge is 0.118 e. The molecule has 0 aliphatic heterocycles. The van der Waals surface area contributed by atoms with E-state index >= 15 is 0 Å². The molecule has 2 rings (SSSR count). The minimum absolute atomic E-state index is 0.0886. The van der Waals surface area contributed by atoms with Gasteiger partial charge in [-0.05, 0) is 41.8 Å². The van der Waals surface area contributed by atoms with E-state index in [1.807, 2.05) is 48.5 Å². The number of rotatable bonds is 5. The molecule has 0 fully saturated rings. The first-order chi connectivity index (χ1) is 9.22. The molecular formula is C16H17ClO2. The lowest BCUT2D eigenvalue weighted by atomic mass is 9.93. The number of aliphatic hydroxyl groups excluding tert-OH is 1. The Morgan fingerprint density at radius 2 is 1.68 bits per heavy atom. The molecule has 3 heteroatoms. The minimum atomic E-state index is 0.0886. The molecule has 2 aromatic rings. The number of aliphatic hydroxyl groups is 1. The highest BCUT2D eigenvalue weighted by Gasteiger charge is 2.11. The van der Waals surface area contributed by atoms with Gasteiger partial charge in [-0.3, -0.25) is 0 Å². The predicted octanol–water partition coefficient (Wildman–Crippen LogP) is 3.67. The second-order valence-corrected chi connectivity index (χ2v) is 4.92. The van der Waals surface area contributed by atoms with E-state index in [9.17, 15) is 5.11 Å². The molecule has 0 aliphatic carbocycles. The van der Waals surface area contributed by atoms with Crippen LogP contribution in [0.1, 0.15) is 17.0 Å². The maximum Gasteiger partial charge on any atom is 0.118 e. The Hall–Kier alpha value is -1.51. The van der Waals surface area contributed by atoms with Crippen LogP contribution >= 0.6 is 11.6 Å². The number of methoxy groups -OCH3 is 1.